The first-order valence-electron chi connectivity index (χ1n) is 1.93. The predicted molar refractivity (Wildman–Crippen MR) is 31.0 cm³/mol. The molecular weight excluding hydrogens is 197 g/mol. The van der Waals surface area contributed by atoms with Gasteiger partial charge in [-0.05, 0) is 0 Å². The summed E-state index contributed by atoms with van der Waals surface area (Å²) in [6, 6.07) is 0. The molecule has 0 aromatic heterocycles. The monoisotopic (exact) mass is 205 g/mol. The second kappa shape index (κ2) is 62.8. The average molecular weight is 206 g/mol. The molecular formula is C5H9ClCuMgN. The molecule has 0 saturated carbocycles. The molecule has 0 radical (unpaired) electrons. The minimum Gasteiger partial charge on any atom is -1.00 e. The summed E-state index contributed by atoms with van der Waals surface area (Å²) in [5.41, 5.74) is 0. The molecule has 0 saturated heterocycles. The van der Waals surface area contributed by atoms with E-state index in [4.69, 9.17) is 11.8 Å². The molecule has 0 N–H and O–H groups in total. The Morgan fingerprint density at radius 1 is 1.44 bits per heavy atom. The Morgan fingerprint density at radius 2 is 1.56 bits per heavy atom. The number of rotatable bonds is 1. The Balaban J connectivity index is -0.00000000990. The van der Waals surface area contributed by atoms with Crippen LogP contribution in [-0.4, -0.2) is 23.1 Å². The molecule has 9 heavy (non-hydrogen) atoms. The van der Waals surface area contributed by atoms with Crippen molar-refractivity contribution < 1.29 is 29.5 Å². The number of hydrogen-bond acceptors (Lipinski definition) is 1. The molecule has 0 aromatic carbocycles. The van der Waals surface area contributed by atoms with Gasteiger partial charge in [-0.3, -0.25) is 0 Å². The fourth-order valence-corrected chi connectivity index (χ4v) is 0. The normalized spacial score (nSPS) is 3.56. The van der Waals surface area contributed by atoms with Gasteiger partial charge in [-0.2, -0.15) is 6.42 Å². The predicted octanol–water partition coefficient (Wildman–Crippen LogP) is -1.66. The van der Waals surface area contributed by atoms with Crippen molar-refractivity contribution in [1.29, 1.82) is 5.26 Å². The van der Waals surface area contributed by atoms with Crippen LogP contribution in [0.1, 0.15) is 19.8 Å². The number of hydrogen-bond donors (Lipinski definition) is 0. The minimum absolute atomic E-state index is 0. The summed E-state index contributed by atoms with van der Waals surface area (Å²) in [7, 11) is 0. The first kappa shape index (κ1) is 32.2. The quantitative estimate of drug-likeness (QED) is 0.372. The Bertz CT molecular complexity index is 33.4. The third kappa shape index (κ3) is 106. The van der Waals surface area contributed by atoms with E-state index < -0.39 is 0 Å². The van der Waals surface area contributed by atoms with E-state index in [-0.39, 0.29) is 52.5 Å². The maximum absolute atomic E-state index is 6.25. The summed E-state index contributed by atoms with van der Waals surface area (Å²) < 4.78 is 0. The van der Waals surface area contributed by atoms with Crippen LogP contribution in [0.15, 0.2) is 0 Å². The largest absolute Gasteiger partial charge is 2.00 e. The van der Waals surface area contributed by atoms with Crippen LogP contribution in [0, 0.1) is 18.8 Å². The van der Waals surface area contributed by atoms with E-state index in [9.17, 15) is 0 Å². The molecule has 0 amide bonds. The standard InChI is InChI=1S/C4H9.CN.ClH.Cu.Mg/c1-3-4-2;1-2;;;/h1,3-4H2,2H3;;1H;;/q2*-1;;+1;+2/p-1. The zero-order valence-corrected chi connectivity index (χ0v) is 8.57. The molecule has 0 unspecified atom stereocenters. The van der Waals surface area contributed by atoms with Crippen molar-refractivity contribution in [2.24, 2.45) is 0 Å². The molecule has 0 heterocycles. The van der Waals surface area contributed by atoms with Gasteiger partial charge < -0.3 is 31.2 Å². The third-order valence-electron chi connectivity index (χ3n) is 0.354. The van der Waals surface area contributed by atoms with Crippen molar-refractivity contribution in [3.8, 4) is 0 Å². The minimum atomic E-state index is 0. The molecule has 0 rings (SSSR count). The van der Waals surface area contributed by atoms with E-state index in [0.29, 0.717) is 0 Å². The van der Waals surface area contributed by atoms with Crippen molar-refractivity contribution in [2.45, 2.75) is 19.8 Å². The Morgan fingerprint density at radius 3 is 1.56 bits per heavy atom. The fourth-order valence-electron chi connectivity index (χ4n) is 0. The van der Waals surface area contributed by atoms with Crippen molar-refractivity contribution in [2.75, 3.05) is 0 Å². The van der Waals surface area contributed by atoms with E-state index >= 15 is 0 Å². The average Bonchev–Trinajstić information content (AvgIpc) is 1.72. The van der Waals surface area contributed by atoms with Gasteiger partial charge in [0.2, 0.25) is 0 Å². The van der Waals surface area contributed by atoms with Gasteiger partial charge in [0.1, 0.15) is 0 Å². The maximum Gasteiger partial charge on any atom is 2.00 e. The number of halogens is 1. The van der Waals surface area contributed by atoms with Gasteiger partial charge in [0.15, 0.2) is 0 Å². The Kier molecular flexibility index (Phi) is 225. The zero-order chi connectivity index (χ0) is 5.41. The van der Waals surface area contributed by atoms with Gasteiger partial charge in [-0.15, -0.1) is 0 Å². The molecule has 54 valence electrons. The maximum atomic E-state index is 6.25. The molecule has 0 spiro atoms. The van der Waals surface area contributed by atoms with E-state index in [1.807, 2.05) is 0 Å². The smallest absolute Gasteiger partial charge is 1.00 e. The zero-order valence-electron chi connectivity index (χ0n) is 5.46. The summed E-state index contributed by atoms with van der Waals surface area (Å²) in [4.78, 5) is 0. The van der Waals surface area contributed by atoms with Crippen molar-refractivity contribution in [3.05, 3.63) is 13.5 Å². The van der Waals surface area contributed by atoms with E-state index in [1.165, 1.54) is 6.42 Å². The molecule has 0 bridgehead atoms. The van der Waals surface area contributed by atoms with Crippen molar-refractivity contribution in [1.82, 2.24) is 0 Å². The van der Waals surface area contributed by atoms with Crippen LogP contribution in [0.25, 0.3) is 0 Å². The molecule has 0 fully saturated rings. The van der Waals surface area contributed by atoms with E-state index in [2.05, 4.69) is 13.8 Å². The van der Waals surface area contributed by atoms with E-state index in [0.717, 1.165) is 6.42 Å². The van der Waals surface area contributed by atoms with Gasteiger partial charge in [0, 0.05) is 0 Å². The topological polar surface area (TPSA) is 23.8 Å². The third-order valence-corrected chi connectivity index (χ3v) is 0.354. The molecule has 0 aromatic rings. The second-order valence-corrected chi connectivity index (χ2v) is 0.854. The molecule has 1 nitrogen and oxygen atoms in total. The van der Waals surface area contributed by atoms with Crippen LogP contribution in [0.2, 0.25) is 0 Å². The molecule has 0 aliphatic carbocycles. The number of nitrogens with zero attached hydrogens (tertiary/aromatic N) is 1. The summed E-state index contributed by atoms with van der Waals surface area (Å²) >= 11 is 0. The van der Waals surface area contributed by atoms with Crippen LogP contribution >= 0.6 is 0 Å². The van der Waals surface area contributed by atoms with Gasteiger partial charge in [-0.1, -0.05) is 13.3 Å². The number of unbranched alkanes of at least 4 members (excludes halogenated alkanes) is 1. The summed E-state index contributed by atoms with van der Waals surface area (Å²) in [6.45, 7) is 10.5. The van der Waals surface area contributed by atoms with Gasteiger partial charge in [0.05, 0.1) is 0 Å². The second-order valence-electron chi connectivity index (χ2n) is 0.854. The molecule has 0 aliphatic rings. The van der Waals surface area contributed by atoms with Crippen molar-refractivity contribution in [3.63, 3.8) is 0 Å². The van der Waals surface area contributed by atoms with Crippen LogP contribution < -0.4 is 12.4 Å². The molecule has 0 aliphatic heterocycles. The van der Waals surface area contributed by atoms with E-state index in [1.54, 1.807) is 0 Å². The SMILES string of the molecule is [C-]#N.[CH2-]CCC.[Cl-].[Cu+].[Mg+2]. The first-order chi connectivity index (χ1) is 2.91. The molecule has 4 heteroatoms. The first-order valence-corrected chi connectivity index (χ1v) is 1.93. The fraction of sp³-hybridized carbons (Fsp3) is 0.600. The van der Waals surface area contributed by atoms with Crippen LogP contribution in [0.4, 0.5) is 0 Å². The van der Waals surface area contributed by atoms with Crippen LogP contribution in [0.3, 0.4) is 0 Å². The van der Waals surface area contributed by atoms with Gasteiger partial charge in [-0.25, -0.2) is 0 Å². The Labute approximate surface area is 90.6 Å². The van der Waals surface area contributed by atoms with Gasteiger partial charge in [0.25, 0.3) is 0 Å². The summed E-state index contributed by atoms with van der Waals surface area (Å²) in [5.74, 6) is 0. The van der Waals surface area contributed by atoms with Gasteiger partial charge >= 0.3 is 40.1 Å². The van der Waals surface area contributed by atoms with Crippen LogP contribution in [0.5, 0.6) is 0 Å². The van der Waals surface area contributed by atoms with Crippen molar-refractivity contribution >= 4 is 23.1 Å². The molecule has 0 atom stereocenters. The Hall–Kier alpha value is 1.07. The summed E-state index contributed by atoms with van der Waals surface area (Å²) in [5, 5.41) is 6.25. The van der Waals surface area contributed by atoms with Crippen LogP contribution in [-0.2, 0) is 17.1 Å². The summed E-state index contributed by atoms with van der Waals surface area (Å²) in [6.07, 6.45) is 2.28.